The normalized spacial score (nSPS) is 15.5. The number of halogens is 2. The topological polar surface area (TPSA) is 32.3 Å². The van der Waals surface area contributed by atoms with Crippen molar-refractivity contribution in [3.8, 4) is 0 Å². The van der Waals surface area contributed by atoms with Crippen LogP contribution in [-0.4, -0.2) is 5.11 Å². The SMILES string of the molecule is O/C(=C\CC1=CCCC=C1)C(Nc1ccc(Cl)c(Cl)c1)c1ccccc1. The van der Waals surface area contributed by atoms with Gasteiger partial charge < -0.3 is 10.4 Å². The average molecular weight is 386 g/mol. The van der Waals surface area contributed by atoms with Gasteiger partial charge in [-0.2, -0.15) is 0 Å². The molecule has 0 bridgehead atoms. The third kappa shape index (κ3) is 4.94. The molecule has 2 N–H and O–H groups in total. The van der Waals surface area contributed by atoms with E-state index in [9.17, 15) is 5.11 Å². The number of anilines is 1. The summed E-state index contributed by atoms with van der Waals surface area (Å²) in [6.07, 6.45) is 11.2. The molecule has 0 aliphatic heterocycles. The van der Waals surface area contributed by atoms with Crippen LogP contribution >= 0.6 is 23.2 Å². The zero-order chi connectivity index (χ0) is 18.4. The van der Waals surface area contributed by atoms with Gasteiger partial charge in [-0.1, -0.05) is 71.8 Å². The highest BCUT2D eigenvalue weighted by molar-refractivity contribution is 6.42. The summed E-state index contributed by atoms with van der Waals surface area (Å²) < 4.78 is 0. The molecule has 2 nitrogen and oxygen atoms in total. The van der Waals surface area contributed by atoms with Crippen LogP contribution in [0, 0.1) is 0 Å². The molecule has 0 radical (unpaired) electrons. The van der Waals surface area contributed by atoms with Crippen molar-refractivity contribution in [2.75, 3.05) is 5.32 Å². The molecule has 4 heteroatoms. The summed E-state index contributed by atoms with van der Waals surface area (Å²) in [6.45, 7) is 0. The number of rotatable bonds is 6. The van der Waals surface area contributed by atoms with Crippen molar-refractivity contribution in [1.29, 1.82) is 0 Å². The Morgan fingerprint density at radius 1 is 1.08 bits per heavy atom. The first-order valence-electron chi connectivity index (χ1n) is 8.64. The minimum atomic E-state index is -0.360. The van der Waals surface area contributed by atoms with Gasteiger partial charge in [0.2, 0.25) is 0 Å². The molecule has 134 valence electrons. The van der Waals surface area contributed by atoms with Gasteiger partial charge >= 0.3 is 0 Å². The van der Waals surface area contributed by atoms with Gasteiger partial charge in [-0.3, -0.25) is 0 Å². The first-order valence-corrected chi connectivity index (χ1v) is 9.40. The highest BCUT2D eigenvalue weighted by Crippen LogP contribution is 2.30. The zero-order valence-corrected chi connectivity index (χ0v) is 15.8. The molecular weight excluding hydrogens is 365 g/mol. The number of nitrogens with one attached hydrogen (secondary N) is 1. The molecule has 2 aromatic carbocycles. The summed E-state index contributed by atoms with van der Waals surface area (Å²) in [5.74, 6) is 0.280. The minimum Gasteiger partial charge on any atom is -0.510 e. The van der Waals surface area contributed by atoms with E-state index in [0.29, 0.717) is 16.5 Å². The first-order chi connectivity index (χ1) is 12.6. The summed E-state index contributed by atoms with van der Waals surface area (Å²) in [6, 6.07) is 14.8. The summed E-state index contributed by atoms with van der Waals surface area (Å²) in [5.41, 5.74) is 3.00. The van der Waals surface area contributed by atoms with E-state index in [-0.39, 0.29) is 11.8 Å². The van der Waals surface area contributed by atoms with Crippen molar-refractivity contribution in [3.05, 3.63) is 99.8 Å². The van der Waals surface area contributed by atoms with Crippen molar-refractivity contribution >= 4 is 28.9 Å². The summed E-state index contributed by atoms with van der Waals surface area (Å²) in [4.78, 5) is 0. The van der Waals surface area contributed by atoms with E-state index in [1.165, 1.54) is 5.57 Å². The minimum absolute atomic E-state index is 0.280. The summed E-state index contributed by atoms with van der Waals surface area (Å²) in [7, 11) is 0. The Morgan fingerprint density at radius 3 is 2.58 bits per heavy atom. The highest BCUT2D eigenvalue weighted by Gasteiger charge is 2.16. The van der Waals surface area contributed by atoms with Crippen molar-refractivity contribution in [2.45, 2.75) is 25.3 Å². The number of aliphatic hydroxyl groups excluding tert-OH is 1. The highest BCUT2D eigenvalue weighted by atomic mass is 35.5. The van der Waals surface area contributed by atoms with Gasteiger partial charge in [0.15, 0.2) is 0 Å². The van der Waals surface area contributed by atoms with Crippen LogP contribution in [0.4, 0.5) is 5.69 Å². The lowest BCUT2D eigenvalue weighted by Gasteiger charge is -2.20. The summed E-state index contributed by atoms with van der Waals surface area (Å²) >= 11 is 12.1. The summed E-state index contributed by atoms with van der Waals surface area (Å²) in [5, 5.41) is 15.1. The number of benzene rings is 2. The Bertz CT molecular complexity index is 840. The lowest BCUT2D eigenvalue weighted by atomic mass is 10.0. The van der Waals surface area contributed by atoms with E-state index >= 15 is 0 Å². The third-order valence-corrected chi connectivity index (χ3v) is 5.02. The number of hydrogen-bond acceptors (Lipinski definition) is 2. The van der Waals surface area contributed by atoms with Gasteiger partial charge in [0.1, 0.15) is 11.8 Å². The molecule has 3 rings (SSSR count). The lowest BCUT2D eigenvalue weighted by Crippen LogP contribution is -2.13. The predicted octanol–water partition coefficient (Wildman–Crippen LogP) is 7.26. The Hall–Kier alpha value is -2.16. The molecule has 0 spiro atoms. The molecule has 0 amide bonds. The van der Waals surface area contributed by atoms with Gasteiger partial charge in [0.25, 0.3) is 0 Å². The predicted molar refractivity (Wildman–Crippen MR) is 111 cm³/mol. The molecule has 0 heterocycles. The van der Waals surface area contributed by atoms with Gasteiger partial charge in [-0.15, -0.1) is 0 Å². The zero-order valence-electron chi connectivity index (χ0n) is 14.3. The molecule has 0 fully saturated rings. The lowest BCUT2D eigenvalue weighted by molar-refractivity contribution is 0.375. The second-order valence-electron chi connectivity index (χ2n) is 6.21. The second-order valence-corrected chi connectivity index (χ2v) is 7.02. The Labute approximate surface area is 164 Å². The van der Waals surface area contributed by atoms with E-state index in [2.05, 4.69) is 23.5 Å². The van der Waals surface area contributed by atoms with Crippen LogP contribution in [-0.2, 0) is 0 Å². The monoisotopic (exact) mass is 385 g/mol. The molecule has 1 aliphatic carbocycles. The van der Waals surface area contributed by atoms with E-state index in [1.807, 2.05) is 42.5 Å². The van der Waals surface area contributed by atoms with Crippen LogP contribution < -0.4 is 5.32 Å². The molecule has 0 saturated carbocycles. The molecule has 1 unspecified atom stereocenters. The molecule has 0 aromatic heterocycles. The van der Waals surface area contributed by atoms with Crippen LogP contribution in [0.3, 0.4) is 0 Å². The van der Waals surface area contributed by atoms with Gasteiger partial charge in [0, 0.05) is 5.69 Å². The van der Waals surface area contributed by atoms with Gasteiger partial charge in [-0.25, -0.2) is 0 Å². The standard InChI is InChI=1S/C22H21Cl2NO/c23-19-13-12-18(15-20(19)24)25-22(17-9-5-2-6-10-17)21(26)14-11-16-7-3-1-4-8-16/h2-3,5-10,12-15,22,25-26H,1,4,11H2/b21-14-. The Kier molecular flexibility index (Phi) is 6.43. The van der Waals surface area contributed by atoms with E-state index in [0.717, 1.165) is 24.1 Å². The maximum absolute atomic E-state index is 10.8. The van der Waals surface area contributed by atoms with Crippen LogP contribution in [0.2, 0.25) is 10.0 Å². The quantitative estimate of drug-likeness (QED) is 0.512. The Balaban J connectivity index is 1.84. The first kappa shape index (κ1) is 18.6. The smallest absolute Gasteiger partial charge is 0.115 e. The number of allylic oxidation sites excluding steroid dienone is 5. The molecule has 1 aliphatic rings. The maximum Gasteiger partial charge on any atom is 0.115 e. The van der Waals surface area contributed by atoms with Crippen molar-refractivity contribution in [3.63, 3.8) is 0 Å². The van der Waals surface area contributed by atoms with Crippen LogP contribution in [0.25, 0.3) is 0 Å². The largest absolute Gasteiger partial charge is 0.510 e. The number of aliphatic hydroxyl groups is 1. The van der Waals surface area contributed by atoms with Crippen molar-refractivity contribution < 1.29 is 5.11 Å². The molecular formula is C22H21Cl2NO. The van der Waals surface area contributed by atoms with Crippen molar-refractivity contribution in [2.24, 2.45) is 0 Å². The fraction of sp³-hybridized carbons (Fsp3) is 0.182. The van der Waals surface area contributed by atoms with E-state index in [4.69, 9.17) is 23.2 Å². The second kappa shape index (κ2) is 8.98. The van der Waals surface area contributed by atoms with Crippen LogP contribution in [0.15, 0.2) is 84.2 Å². The Morgan fingerprint density at radius 2 is 1.88 bits per heavy atom. The van der Waals surface area contributed by atoms with Crippen molar-refractivity contribution in [1.82, 2.24) is 0 Å². The average Bonchev–Trinajstić information content (AvgIpc) is 2.68. The van der Waals surface area contributed by atoms with Gasteiger partial charge in [0.05, 0.1) is 10.0 Å². The molecule has 26 heavy (non-hydrogen) atoms. The molecule has 1 atom stereocenters. The molecule has 0 saturated heterocycles. The van der Waals surface area contributed by atoms with Crippen LogP contribution in [0.5, 0.6) is 0 Å². The maximum atomic E-state index is 10.8. The third-order valence-electron chi connectivity index (χ3n) is 4.28. The van der Waals surface area contributed by atoms with E-state index < -0.39 is 0 Å². The van der Waals surface area contributed by atoms with Crippen LogP contribution in [0.1, 0.15) is 30.9 Å². The number of hydrogen-bond donors (Lipinski definition) is 2. The van der Waals surface area contributed by atoms with E-state index in [1.54, 1.807) is 12.1 Å². The fourth-order valence-corrected chi connectivity index (χ4v) is 3.18. The van der Waals surface area contributed by atoms with Gasteiger partial charge in [-0.05, 0) is 54.7 Å². The molecule has 2 aromatic rings. The fourth-order valence-electron chi connectivity index (χ4n) is 2.89.